The highest BCUT2D eigenvalue weighted by molar-refractivity contribution is 6.46. The molecule has 0 unspecified atom stereocenters. The van der Waals surface area contributed by atoms with Crippen LogP contribution in [0.1, 0.15) is 11.1 Å². The van der Waals surface area contributed by atoms with Gasteiger partial charge >= 0.3 is 0 Å². The van der Waals surface area contributed by atoms with E-state index in [0.29, 0.717) is 17.0 Å². The number of amides is 2. The first kappa shape index (κ1) is 19.4. The fraction of sp³-hybridized carbons (Fsp3) is 0.0833. The van der Waals surface area contributed by atoms with Crippen LogP contribution in [0.2, 0.25) is 0 Å². The van der Waals surface area contributed by atoms with Crippen LogP contribution in [0.25, 0.3) is 5.57 Å². The summed E-state index contributed by atoms with van der Waals surface area (Å²) in [4.78, 5) is 27.4. The predicted molar refractivity (Wildman–Crippen MR) is 114 cm³/mol. The van der Waals surface area contributed by atoms with Gasteiger partial charge in [0.2, 0.25) is 0 Å². The normalized spacial score (nSPS) is 13.8. The van der Waals surface area contributed by atoms with Gasteiger partial charge in [0.15, 0.2) is 0 Å². The molecule has 0 aromatic heterocycles. The van der Waals surface area contributed by atoms with Gasteiger partial charge in [0.05, 0.1) is 18.4 Å². The minimum Gasteiger partial charge on any atom is -0.497 e. The van der Waals surface area contributed by atoms with Crippen molar-refractivity contribution in [1.29, 1.82) is 0 Å². The molecule has 1 N–H and O–H groups in total. The van der Waals surface area contributed by atoms with Crippen LogP contribution in [-0.4, -0.2) is 18.9 Å². The molecule has 0 spiro atoms. The molecule has 5 nitrogen and oxygen atoms in total. The van der Waals surface area contributed by atoms with Crippen molar-refractivity contribution in [3.8, 4) is 5.75 Å². The molecule has 0 saturated carbocycles. The molecular weight excluding hydrogens is 383 g/mol. The molecule has 1 heterocycles. The third kappa shape index (κ3) is 3.43. The minimum atomic E-state index is -0.645. The highest BCUT2D eigenvalue weighted by Gasteiger charge is 2.41. The zero-order valence-corrected chi connectivity index (χ0v) is 16.5. The van der Waals surface area contributed by atoms with Gasteiger partial charge in [-0.25, -0.2) is 9.29 Å². The largest absolute Gasteiger partial charge is 0.497 e. The van der Waals surface area contributed by atoms with E-state index in [4.69, 9.17) is 4.74 Å². The van der Waals surface area contributed by atoms with E-state index in [9.17, 15) is 14.0 Å². The maximum Gasteiger partial charge on any atom is 0.282 e. The van der Waals surface area contributed by atoms with Crippen molar-refractivity contribution in [2.24, 2.45) is 0 Å². The summed E-state index contributed by atoms with van der Waals surface area (Å²) < 4.78 is 19.6. The number of benzene rings is 3. The van der Waals surface area contributed by atoms with E-state index >= 15 is 0 Å². The van der Waals surface area contributed by atoms with Gasteiger partial charge in [-0.15, -0.1) is 0 Å². The lowest BCUT2D eigenvalue weighted by atomic mass is 10.0. The second-order valence-electron chi connectivity index (χ2n) is 6.87. The van der Waals surface area contributed by atoms with E-state index < -0.39 is 17.6 Å². The molecule has 2 amide bonds. The number of hydrogen-bond acceptors (Lipinski definition) is 4. The Morgan fingerprint density at radius 3 is 2.17 bits per heavy atom. The molecule has 1 aliphatic rings. The number of methoxy groups -OCH3 is 1. The van der Waals surface area contributed by atoms with Crippen LogP contribution in [0.5, 0.6) is 5.75 Å². The van der Waals surface area contributed by atoms with Crippen LogP contribution in [0.4, 0.5) is 15.8 Å². The summed E-state index contributed by atoms with van der Waals surface area (Å²) in [6.45, 7) is 1.93. The van der Waals surface area contributed by atoms with Crippen LogP contribution in [0.3, 0.4) is 0 Å². The molecule has 0 aliphatic carbocycles. The van der Waals surface area contributed by atoms with E-state index in [1.54, 1.807) is 49.6 Å². The number of hydrogen-bond donors (Lipinski definition) is 1. The van der Waals surface area contributed by atoms with Crippen LogP contribution in [0.15, 0.2) is 78.5 Å². The summed E-state index contributed by atoms with van der Waals surface area (Å²) >= 11 is 0. The Bertz CT molecular complexity index is 1150. The SMILES string of the molecule is COc1ccc(NC2=C(c3ccc(C)cc3)C(=O)N(c3ccccc3F)C2=O)cc1. The van der Waals surface area contributed by atoms with Gasteiger partial charge < -0.3 is 10.1 Å². The van der Waals surface area contributed by atoms with Crippen LogP contribution < -0.4 is 15.0 Å². The number of carbonyl (C=O) groups excluding carboxylic acids is 2. The first-order valence-electron chi connectivity index (χ1n) is 9.35. The number of rotatable bonds is 5. The lowest BCUT2D eigenvalue weighted by Gasteiger charge is -2.16. The van der Waals surface area contributed by atoms with Crippen molar-refractivity contribution >= 4 is 28.8 Å². The topological polar surface area (TPSA) is 58.6 Å². The number of nitrogens with zero attached hydrogens (tertiary/aromatic N) is 1. The fourth-order valence-corrected chi connectivity index (χ4v) is 3.30. The Morgan fingerprint density at radius 1 is 0.867 bits per heavy atom. The third-order valence-electron chi connectivity index (χ3n) is 4.88. The van der Waals surface area contributed by atoms with Crippen molar-refractivity contribution < 1.29 is 18.7 Å². The lowest BCUT2D eigenvalue weighted by Crippen LogP contribution is -2.33. The quantitative estimate of drug-likeness (QED) is 0.637. The first-order valence-corrected chi connectivity index (χ1v) is 9.35. The monoisotopic (exact) mass is 402 g/mol. The van der Waals surface area contributed by atoms with Crippen molar-refractivity contribution in [2.45, 2.75) is 6.92 Å². The molecule has 6 heteroatoms. The molecule has 0 bridgehead atoms. The molecule has 0 fully saturated rings. The maximum absolute atomic E-state index is 14.4. The van der Waals surface area contributed by atoms with Crippen LogP contribution in [0, 0.1) is 12.7 Å². The van der Waals surface area contributed by atoms with Gasteiger partial charge in [0, 0.05) is 5.69 Å². The smallest absolute Gasteiger partial charge is 0.282 e. The summed E-state index contributed by atoms with van der Waals surface area (Å²) in [6.07, 6.45) is 0. The number of anilines is 2. The zero-order chi connectivity index (χ0) is 21.3. The molecule has 30 heavy (non-hydrogen) atoms. The lowest BCUT2D eigenvalue weighted by molar-refractivity contribution is -0.120. The van der Waals surface area contributed by atoms with Crippen molar-refractivity contribution in [3.05, 3.63) is 95.4 Å². The Morgan fingerprint density at radius 2 is 1.53 bits per heavy atom. The average Bonchev–Trinajstić information content (AvgIpc) is 2.99. The van der Waals surface area contributed by atoms with E-state index in [-0.39, 0.29) is 17.0 Å². The van der Waals surface area contributed by atoms with Crippen molar-refractivity contribution in [3.63, 3.8) is 0 Å². The predicted octanol–water partition coefficient (Wildman–Crippen LogP) is 4.54. The average molecular weight is 402 g/mol. The Balaban J connectivity index is 1.81. The molecule has 1 aliphatic heterocycles. The van der Waals surface area contributed by atoms with E-state index in [1.807, 2.05) is 19.1 Å². The molecule has 4 rings (SSSR count). The molecule has 0 atom stereocenters. The number of ether oxygens (including phenoxy) is 1. The Kier molecular flexibility index (Phi) is 5.06. The van der Waals surface area contributed by atoms with Gasteiger partial charge in [-0.2, -0.15) is 0 Å². The number of imide groups is 1. The van der Waals surface area contributed by atoms with Crippen LogP contribution >= 0.6 is 0 Å². The third-order valence-corrected chi connectivity index (χ3v) is 4.88. The van der Waals surface area contributed by atoms with E-state index in [2.05, 4.69) is 5.32 Å². The van der Waals surface area contributed by atoms with Gasteiger partial charge in [0.25, 0.3) is 11.8 Å². The number of halogens is 1. The minimum absolute atomic E-state index is 0.0800. The Hall–Kier alpha value is -3.93. The summed E-state index contributed by atoms with van der Waals surface area (Å²) in [5.41, 5.74) is 2.41. The standard InChI is InChI=1S/C24H19FN2O3/c1-15-7-9-16(10-8-15)21-22(26-17-11-13-18(30-2)14-12-17)24(29)27(23(21)28)20-6-4-3-5-19(20)25/h3-14,26H,1-2H3. The fourth-order valence-electron chi connectivity index (χ4n) is 3.30. The van der Waals surface area contributed by atoms with Gasteiger partial charge in [-0.05, 0) is 48.9 Å². The van der Waals surface area contributed by atoms with Gasteiger partial charge in [-0.3, -0.25) is 9.59 Å². The van der Waals surface area contributed by atoms with Crippen molar-refractivity contribution in [1.82, 2.24) is 0 Å². The Labute approximate surface area is 173 Å². The first-order chi connectivity index (χ1) is 14.5. The summed E-state index contributed by atoms with van der Waals surface area (Å²) in [6, 6.07) is 19.9. The number of aryl methyl sites for hydroxylation is 1. The molecule has 3 aromatic carbocycles. The molecule has 0 saturated heterocycles. The van der Waals surface area contributed by atoms with Gasteiger partial charge in [-0.1, -0.05) is 42.0 Å². The zero-order valence-electron chi connectivity index (χ0n) is 16.5. The molecular formula is C24H19FN2O3. The molecule has 0 radical (unpaired) electrons. The summed E-state index contributed by atoms with van der Waals surface area (Å²) in [5, 5.41) is 3.04. The highest BCUT2D eigenvalue weighted by Crippen LogP contribution is 2.35. The van der Waals surface area contributed by atoms with E-state index in [1.165, 1.54) is 18.2 Å². The number of para-hydroxylation sites is 1. The second-order valence-corrected chi connectivity index (χ2v) is 6.87. The van der Waals surface area contributed by atoms with Crippen LogP contribution in [-0.2, 0) is 9.59 Å². The molecule has 150 valence electrons. The number of nitrogens with one attached hydrogen (secondary N) is 1. The van der Waals surface area contributed by atoms with Crippen molar-refractivity contribution in [2.75, 3.05) is 17.3 Å². The summed E-state index contributed by atoms with van der Waals surface area (Å²) in [7, 11) is 1.56. The van der Waals surface area contributed by atoms with Gasteiger partial charge in [0.1, 0.15) is 17.3 Å². The highest BCUT2D eigenvalue weighted by atomic mass is 19.1. The number of carbonyl (C=O) groups is 2. The maximum atomic E-state index is 14.4. The summed E-state index contributed by atoms with van der Waals surface area (Å²) in [5.74, 6) is -1.18. The molecule has 3 aromatic rings. The second kappa shape index (κ2) is 7.83. The van der Waals surface area contributed by atoms with E-state index in [0.717, 1.165) is 10.5 Å².